The van der Waals surface area contributed by atoms with Gasteiger partial charge >= 0.3 is 18.2 Å². The molecule has 0 aliphatic carbocycles. The first kappa shape index (κ1) is 20.9. The summed E-state index contributed by atoms with van der Waals surface area (Å²) in [5.74, 6) is -1.71. The molecule has 1 aromatic rings. The molecule has 1 N–H and O–H groups in total. The summed E-state index contributed by atoms with van der Waals surface area (Å²) in [7, 11) is 0. The smallest absolute Gasteiger partial charge is 0.417 e. The van der Waals surface area contributed by atoms with Gasteiger partial charge in [-0.2, -0.15) is 13.2 Å². The normalized spacial score (nSPS) is 16.1. The third kappa shape index (κ3) is 5.77. The van der Waals surface area contributed by atoms with Gasteiger partial charge in [0.1, 0.15) is 17.5 Å². The highest BCUT2D eigenvalue weighted by Gasteiger charge is 2.36. The van der Waals surface area contributed by atoms with Gasteiger partial charge in [0.25, 0.3) is 0 Å². The second kappa shape index (κ2) is 7.66. The third-order valence-corrected chi connectivity index (χ3v) is 3.92. The zero-order chi connectivity index (χ0) is 20.4. The number of hydrogen-bond donors (Lipinski definition) is 1. The van der Waals surface area contributed by atoms with E-state index in [2.05, 4.69) is 0 Å². The van der Waals surface area contributed by atoms with Crippen molar-refractivity contribution in [2.24, 2.45) is 0 Å². The maximum Gasteiger partial charge on any atom is 0.417 e. The molecule has 27 heavy (non-hydrogen) atoms. The maximum absolute atomic E-state index is 13.1. The predicted molar refractivity (Wildman–Crippen MR) is 89.9 cm³/mol. The van der Waals surface area contributed by atoms with E-state index in [4.69, 9.17) is 14.6 Å². The van der Waals surface area contributed by atoms with E-state index in [-0.39, 0.29) is 11.9 Å². The maximum atomic E-state index is 13.1. The van der Waals surface area contributed by atoms with Crippen molar-refractivity contribution in [3.8, 4) is 5.75 Å². The predicted octanol–water partition coefficient (Wildman–Crippen LogP) is 4.18. The minimum atomic E-state index is -4.80. The SMILES string of the molecule is CC(C)(C)OC(=O)N1CCC(Oc2ccc(C(=O)O)c(C(F)(F)F)c2)CC1. The molecule has 1 heterocycles. The molecule has 1 saturated heterocycles. The number of likely N-dealkylation sites (tertiary alicyclic amines) is 1. The lowest BCUT2D eigenvalue weighted by Gasteiger charge is -2.33. The summed E-state index contributed by atoms with van der Waals surface area (Å²) in [6.45, 7) is 6.01. The molecule has 1 aliphatic heterocycles. The molecule has 150 valence electrons. The molecule has 6 nitrogen and oxygen atoms in total. The number of hydrogen-bond acceptors (Lipinski definition) is 4. The number of amides is 1. The Morgan fingerprint density at radius 3 is 2.22 bits per heavy atom. The average molecular weight is 389 g/mol. The molecule has 1 fully saturated rings. The topological polar surface area (TPSA) is 76.1 Å². The summed E-state index contributed by atoms with van der Waals surface area (Å²) in [5, 5.41) is 8.91. The highest BCUT2D eigenvalue weighted by Crippen LogP contribution is 2.35. The van der Waals surface area contributed by atoms with E-state index in [1.54, 1.807) is 20.8 Å². The molecular formula is C18H22F3NO5. The quantitative estimate of drug-likeness (QED) is 0.839. The Balaban J connectivity index is 2.01. The van der Waals surface area contributed by atoms with Crippen molar-refractivity contribution in [2.75, 3.05) is 13.1 Å². The van der Waals surface area contributed by atoms with Crippen molar-refractivity contribution in [1.29, 1.82) is 0 Å². The number of carbonyl (C=O) groups is 2. The Kier molecular flexibility index (Phi) is 5.91. The van der Waals surface area contributed by atoms with Crippen LogP contribution in [0.15, 0.2) is 18.2 Å². The Labute approximate surface area is 154 Å². The zero-order valence-corrected chi connectivity index (χ0v) is 15.3. The zero-order valence-electron chi connectivity index (χ0n) is 15.3. The van der Waals surface area contributed by atoms with Gasteiger partial charge in [-0.05, 0) is 39.0 Å². The second-order valence-electron chi connectivity index (χ2n) is 7.29. The second-order valence-corrected chi connectivity index (χ2v) is 7.29. The van der Waals surface area contributed by atoms with E-state index >= 15 is 0 Å². The van der Waals surface area contributed by atoms with E-state index in [9.17, 15) is 22.8 Å². The number of alkyl halides is 3. The Hall–Kier alpha value is -2.45. The minimum absolute atomic E-state index is 0.0527. The highest BCUT2D eigenvalue weighted by molar-refractivity contribution is 5.89. The van der Waals surface area contributed by atoms with Crippen LogP contribution in [0.3, 0.4) is 0 Å². The van der Waals surface area contributed by atoms with Gasteiger partial charge in [0, 0.05) is 25.9 Å². The molecular weight excluding hydrogens is 367 g/mol. The van der Waals surface area contributed by atoms with Crippen LogP contribution in [0, 0.1) is 0 Å². The summed E-state index contributed by atoms with van der Waals surface area (Å²) in [6, 6.07) is 2.79. The number of benzene rings is 1. The number of ether oxygens (including phenoxy) is 2. The lowest BCUT2D eigenvalue weighted by Crippen LogP contribution is -2.44. The molecule has 0 bridgehead atoms. The number of halogens is 3. The van der Waals surface area contributed by atoms with Gasteiger partial charge in [-0.25, -0.2) is 9.59 Å². The van der Waals surface area contributed by atoms with Crippen LogP contribution in [0.5, 0.6) is 5.75 Å². The molecule has 1 amide bonds. The number of piperidine rings is 1. The van der Waals surface area contributed by atoms with Gasteiger partial charge in [-0.1, -0.05) is 0 Å². The molecule has 0 atom stereocenters. The Morgan fingerprint density at radius 2 is 1.74 bits per heavy atom. The number of rotatable bonds is 3. The minimum Gasteiger partial charge on any atom is -0.490 e. The first-order valence-corrected chi connectivity index (χ1v) is 8.46. The summed E-state index contributed by atoms with van der Waals surface area (Å²) < 4.78 is 50.1. The van der Waals surface area contributed by atoms with Crippen LogP contribution in [0.1, 0.15) is 49.5 Å². The van der Waals surface area contributed by atoms with Crippen LogP contribution in [0.25, 0.3) is 0 Å². The highest BCUT2D eigenvalue weighted by atomic mass is 19.4. The Morgan fingerprint density at radius 1 is 1.15 bits per heavy atom. The van der Waals surface area contributed by atoms with Gasteiger partial charge in [0.15, 0.2) is 0 Å². The molecule has 0 saturated carbocycles. The fraction of sp³-hybridized carbons (Fsp3) is 0.556. The number of carbonyl (C=O) groups excluding carboxylic acids is 1. The molecule has 0 unspecified atom stereocenters. The van der Waals surface area contributed by atoms with E-state index in [1.165, 1.54) is 11.0 Å². The fourth-order valence-electron chi connectivity index (χ4n) is 2.69. The largest absolute Gasteiger partial charge is 0.490 e. The number of carboxylic acid groups (broad SMARTS) is 1. The van der Waals surface area contributed by atoms with Crippen molar-refractivity contribution in [2.45, 2.75) is 51.5 Å². The first-order valence-electron chi connectivity index (χ1n) is 8.46. The Bertz CT molecular complexity index is 704. The third-order valence-electron chi connectivity index (χ3n) is 3.92. The van der Waals surface area contributed by atoms with Crippen molar-refractivity contribution in [3.05, 3.63) is 29.3 Å². The number of aromatic carboxylic acids is 1. The molecule has 0 aromatic heterocycles. The number of carboxylic acids is 1. The van der Waals surface area contributed by atoms with Gasteiger partial charge in [-0.15, -0.1) is 0 Å². The molecule has 9 heteroatoms. The van der Waals surface area contributed by atoms with Crippen LogP contribution in [-0.2, 0) is 10.9 Å². The summed E-state index contributed by atoms with van der Waals surface area (Å²) in [4.78, 5) is 24.5. The molecule has 1 aromatic carbocycles. The summed E-state index contributed by atoms with van der Waals surface area (Å²) in [6.07, 6.45) is -4.75. The van der Waals surface area contributed by atoms with Crippen LogP contribution in [-0.4, -0.2) is 46.9 Å². The molecule has 2 rings (SSSR count). The van der Waals surface area contributed by atoms with Crippen molar-refractivity contribution in [3.63, 3.8) is 0 Å². The fourth-order valence-corrected chi connectivity index (χ4v) is 2.69. The van der Waals surface area contributed by atoms with Gasteiger partial charge in [0.2, 0.25) is 0 Å². The molecule has 1 aliphatic rings. The van der Waals surface area contributed by atoms with Crippen molar-refractivity contribution >= 4 is 12.1 Å². The molecule has 0 radical (unpaired) electrons. The lowest BCUT2D eigenvalue weighted by atomic mass is 10.1. The van der Waals surface area contributed by atoms with Gasteiger partial charge in [-0.3, -0.25) is 0 Å². The standard InChI is InChI=1S/C18H22F3NO5/c1-17(2,3)27-16(25)22-8-6-11(7-9-22)26-12-4-5-13(15(23)24)14(10-12)18(19,20)21/h4-5,10-11H,6-9H2,1-3H3,(H,23,24). The van der Waals surface area contributed by atoms with Crippen LogP contribution in [0.4, 0.5) is 18.0 Å². The van der Waals surface area contributed by atoms with Crippen molar-refractivity contribution < 1.29 is 37.3 Å². The van der Waals surface area contributed by atoms with E-state index in [1.807, 2.05) is 0 Å². The van der Waals surface area contributed by atoms with Gasteiger partial charge < -0.3 is 19.5 Å². The van der Waals surface area contributed by atoms with E-state index < -0.39 is 35.0 Å². The summed E-state index contributed by atoms with van der Waals surface area (Å²) in [5.41, 5.74) is -2.68. The monoisotopic (exact) mass is 389 g/mol. The summed E-state index contributed by atoms with van der Waals surface area (Å²) >= 11 is 0. The van der Waals surface area contributed by atoms with Crippen LogP contribution >= 0.6 is 0 Å². The molecule has 0 spiro atoms. The van der Waals surface area contributed by atoms with Crippen LogP contribution in [0.2, 0.25) is 0 Å². The lowest BCUT2D eigenvalue weighted by molar-refractivity contribution is -0.138. The first-order chi connectivity index (χ1) is 12.4. The average Bonchev–Trinajstić information content (AvgIpc) is 2.53. The van der Waals surface area contributed by atoms with Crippen molar-refractivity contribution in [1.82, 2.24) is 4.90 Å². The van der Waals surface area contributed by atoms with E-state index in [0.717, 1.165) is 6.07 Å². The van der Waals surface area contributed by atoms with Gasteiger partial charge in [0.05, 0.1) is 11.1 Å². The van der Waals surface area contributed by atoms with Crippen LogP contribution < -0.4 is 4.74 Å². The van der Waals surface area contributed by atoms with E-state index in [0.29, 0.717) is 32.0 Å². The number of nitrogens with zero attached hydrogens (tertiary/aromatic N) is 1.